The molecule has 9 heteroatoms. The number of likely N-dealkylation sites (N-methyl/N-ethyl adjacent to an activating group) is 1. The third-order valence-electron chi connectivity index (χ3n) is 7.10. The summed E-state index contributed by atoms with van der Waals surface area (Å²) in [4.78, 5) is 13.2. The van der Waals surface area contributed by atoms with Crippen LogP contribution < -0.4 is 5.32 Å². The van der Waals surface area contributed by atoms with Crippen LogP contribution in [0.4, 0.5) is 20.2 Å². The molecule has 4 aromatic rings. The Morgan fingerprint density at radius 3 is 2.91 bits per heavy atom. The maximum atomic E-state index is 15.0. The van der Waals surface area contributed by atoms with Gasteiger partial charge in [-0.3, -0.25) is 4.90 Å². The number of thiophene rings is 1. The standard InChI is InChI=1S/C23H22F2N4OS2/c1-29-7-3-14(23(29)4-8-30-9-5-23)17-10-13-16(2-6-26-22(13)32-17)28-20-15(24)11-18-21(19(20)25)27-12-31-18/h2,6,10-12,14H,3-5,7-9H2,1H3,(H,26,28)/t14-/m0/s1. The van der Waals surface area contributed by atoms with E-state index in [1.165, 1.54) is 27.8 Å². The fourth-order valence-corrected chi connectivity index (χ4v) is 7.33. The van der Waals surface area contributed by atoms with E-state index < -0.39 is 11.6 Å². The number of fused-ring (bicyclic) bond motifs is 2. The highest BCUT2D eigenvalue weighted by Crippen LogP contribution is 2.50. The van der Waals surface area contributed by atoms with Crippen LogP contribution in [0.3, 0.4) is 0 Å². The van der Waals surface area contributed by atoms with Gasteiger partial charge in [-0.05, 0) is 51.1 Å². The van der Waals surface area contributed by atoms with Gasteiger partial charge in [0.1, 0.15) is 16.0 Å². The van der Waals surface area contributed by atoms with E-state index in [1.807, 2.05) is 0 Å². The minimum absolute atomic E-state index is 0.112. The SMILES string of the molecule is CN1CC[C@@H](c2cc3c(Nc4c(F)cc5scnc5c4F)ccnc3s2)C12CCOCC2. The molecule has 2 aliphatic rings. The van der Waals surface area contributed by atoms with Crippen molar-refractivity contribution in [1.82, 2.24) is 14.9 Å². The molecule has 166 valence electrons. The highest BCUT2D eigenvalue weighted by atomic mass is 32.1. The minimum atomic E-state index is -0.666. The van der Waals surface area contributed by atoms with E-state index in [0.717, 1.165) is 49.2 Å². The Hall–Kier alpha value is -2.20. The van der Waals surface area contributed by atoms with Crippen LogP contribution >= 0.6 is 22.7 Å². The normalized spacial score (nSPS) is 21.2. The number of likely N-dealkylation sites (tertiary alicyclic amines) is 1. The fraction of sp³-hybridized carbons (Fsp3) is 0.391. The Morgan fingerprint density at radius 2 is 2.06 bits per heavy atom. The van der Waals surface area contributed by atoms with Crippen LogP contribution in [0.1, 0.15) is 30.1 Å². The number of benzene rings is 1. The third-order valence-corrected chi connectivity index (χ3v) is 9.03. The van der Waals surface area contributed by atoms with Gasteiger partial charge in [0.05, 0.1) is 15.9 Å². The molecule has 0 aliphatic carbocycles. The summed E-state index contributed by atoms with van der Waals surface area (Å²) in [6.45, 7) is 2.63. The van der Waals surface area contributed by atoms with Crippen molar-refractivity contribution in [3.8, 4) is 0 Å². The van der Waals surface area contributed by atoms with Crippen LogP contribution in [-0.2, 0) is 4.74 Å². The zero-order chi connectivity index (χ0) is 21.9. The van der Waals surface area contributed by atoms with Crippen LogP contribution in [0.5, 0.6) is 0 Å². The van der Waals surface area contributed by atoms with E-state index in [2.05, 4.69) is 33.3 Å². The van der Waals surface area contributed by atoms with Crippen molar-refractivity contribution in [3.05, 3.63) is 46.4 Å². The lowest BCUT2D eigenvalue weighted by Gasteiger charge is -2.43. The van der Waals surface area contributed by atoms with Crippen LogP contribution in [0.25, 0.3) is 20.4 Å². The number of ether oxygens (including phenoxy) is 1. The molecule has 1 atom stereocenters. The summed E-state index contributed by atoms with van der Waals surface area (Å²) in [5.41, 5.74) is 2.30. The first-order chi connectivity index (χ1) is 15.6. The van der Waals surface area contributed by atoms with Crippen LogP contribution in [0.2, 0.25) is 0 Å². The molecule has 1 N–H and O–H groups in total. The number of nitrogens with one attached hydrogen (secondary N) is 1. The Morgan fingerprint density at radius 1 is 1.22 bits per heavy atom. The van der Waals surface area contributed by atoms with Gasteiger partial charge in [-0.1, -0.05) is 0 Å². The lowest BCUT2D eigenvalue weighted by atomic mass is 9.77. The average Bonchev–Trinajstić information content (AvgIpc) is 3.50. The van der Waals surface area contributed by atoms with Gasteiger partial charge in [0.15, 0.2) is 11.6 Å². The van der Waals surface area contributed by atoms with E-state index in [-0.39, 0.29) is 16.7 Å². The highest BCUT2D eigenvalue weighted by Gasteiger charge is 2.48. The fourth-order valence-electron chi connectivity index (χ4n) is 5.36. The Bertz CT molecular complexity index is 1310. The molecule has 1 spiro atoms. The number of nitrogens with zero attached hydrogens (tertiary/aromatic N) is 3. The average molecular weight is 473 g/mol. The Kier molecular flexibility index (Phi) is 4.90. The molecule has 0 bridgehead atoms. The first kappa shape index (κ1) is 20.4. The van der Waals surface area contributed by atoms with Crippen molar-refractivity contribution in [3.63, 3.8) is 0 Å². The topological polar surface area (TPSA) is 50.3 Å². The quantitative estimate of drug-likeness (QED) is 0.403. The van der Waals surface area contributed by atoms with E-state index in [1.54, 1.807) is 23.6 Å². The predicted octanol–water partition coefficient (Wildman–Crippen LogP) is 5.90. The largest absolute Gasteiger partial charge is 0.381 e. The number of aromatic nitrogens is 2. The van der Waals surface area contributed by atoms with Crippen LogP contribution in [0.15, 0.2) is 29.9 Å². The number of hydrogen-bond acceptors (Lipinski definition) is 7. The van der Waals surface area contributed by atoms with Crippen molar-refractivity contribution < 1.29 is 13.5 Å². The summed E-state index contributed by atoms with van der Waals surface area (Å²) in [6, 6.07) is 5.26. The molecule has 0 amide bonds. The molecule has 2 saturated heterocycles. The molecule has 32 heavy (non-hydrogen) atoms. The molecule has 2 aliphatic heterocycles. The molecule has 5 nitrogen and oxygen atoms in total. The first-order valence-electron chi connectivity index (χ1n) is 10.7. The minimum Gasteiger partial charge on any atom is -0.381 e. The van der Waals surface area contributed by atoms with Crippen LogP contribution in [0, 0.1) is 11.6 Å². The first-order valence-corrected chi connectivity index (χ1v) is 12.4. The van der Waals surface area contributed by atoms with Crippen molar-refractivity contribution in [2.75, 3.05) is 32.1 Å². The van der Waals surface area contributed by atoms with Gasteiger partial charge in [-0.15, -0.1) is 22.7 Å². The van der Waals surface area contributed by atoms with Gasteiger partial charge in [0.25, 0.3) is 0 Å². The lowest BCUT2D eigenvalue weighted by Crippen LogP contribution is -2.49. The summed E-state index contributed by atoms with van der Waals surface area (Å²) in [5, 5.41) is 3.89. The summed E-state index contributed by atoms with van der Waals surface area (Å²) in [5.74, 6) is -0.887. The monoisotopic (exact) mass is 472 g/mol. The summed E-state index contributed by atoms with van der Waals surface area (Å²) in [7, 11) is 2.21. The van der Waals surface area contributed by atoms with Crippen molar-refractivity contribution in [2.45, 2.75) is 30.7 Å². The predicted molar refractivity (Wildman–Crippen MR) is 125 cm³/mol. The number of halogens is 2. The maximum Gasteiger partial charge on any atom is 0.176 e. The molecule has 0 radical (unpaired) electrons. The second-order valence-corrected chi connectivity index (χ2v) is 10.5. The number of pyridine rings is 1. The van der Waals surface area contributed by atoms with Gasteiger partial charge in [0, 0.05) is 41.1 Å². The molecular formula is C23H22F2N4OS2. The van der Waals surface area contributed by atoms with Gasteiger partial charge >= 0.3 is 0 Å². The van der Waals surface area contributed by atoms with Crippen molar-refractivity contribution >= 4 is 54.5 Å². The Balaban J connectivity index is 1.41. The second kappa shape index (κ2) is 7.69. The van der Waals surface area contributed by atoms with E-state index >= 15 is 0 Å². The third kappa shape index (κ3) is 3.06. The van der Waals surface area contributed by atoms with Gasteiger partial charge < -0.3 is 10.1 Å². The Labute approximate surface area is 192 Å². The van der Waals surface area contributed by atoms with Gasteiger partial charge in [-0.2, -0.15) is 0 Å². The van der Waals surface area contributed by atoms with Crippen molar-refractivity contribution in [2.24, 2.45) is 0 Å². The molecule has 1 aromatic carbocycles. The van der Waals surface area contributed by atoms with Crippen LogP contribution in [-0.4, -0.2) is 47.2 Å². The number of rotatable bonds is 3. The van der Waals surface area contributed by atoms with Gasteiger partial charge in [-0.25, -0.2) is 18.7 Å². The second-order valence-electron chi connectivity index (χ2n) is 8.58. The number of hydrogen-bond donors (Lipinski definition) is 1. The zero-order valence-corrected chi connectivity index (χ0v) is 19.2. The summed E-state index contributed by atoms with van der Waals surface area (Å²) in [6.07, 6.45) is 4.82. The van der Waals surface area contributed by atoms with Crippen molar-refractivity contribution in [1.29, 1.82) is 0 Å². The highest BCUT2D eigenvalue weighted by molar-refractivity contribution is 7.18. The molecular weight excluding hydrogens is 450 g/mol. The lowest BCUT2D eigenvalue weighted by molar-refractivity contribution is -0.00532. The molecule has 2 fully saturated rings. The number of anilines is 2. The maximum absolute atomic E-state index is 15.0. The zero-order valence-electron chi connectivity index (χ0n) is 17.5. The molecule has 0 saturated carbocycles. The number of thiazole rings is 1. The van der Waals surface area contributed by atoms with E-state index in [4.69, 9.17) is 4.74 Å². The molecule has 6 rings (SSSR count). The smallest absolute Gasteiger partial charge is 0.176 e. The van der Waals surface area contributed by atoms with E-state index in [9.17, 15) is 8.78 Å². The van der Waals surface area contributed by atoms with E-state index in [0.29, 0.717) is 16.3 Å². The summed E-state index contributed by atoms with van der Waals surface area (Å²) >= 11 is 2.91. The molecule has 3 aromatic heterocycles. The molecule has 5 heterocycles. The summed E-state index contributed by atoms with van der Waals surface area (Å²) < 4.78 is 35.9. The van der Waals surface area contributed by atoms with Gasteiger partial charge in [0.2, 0.25) is 0 Å². The molecule has 0 unspecified atom stereocenters.